The van der Waals surface area contributed by atoms with Crippen LogP contribution in [0.3, 0.4) is 0 Å². The summed E-state index contributed by atoms with van der Waals surface area (Å²) in [7, 11) is 0. The van der Waals surface area contributed by atoms with Crippen LogP contribution in [0.5, 0.6) is 11.5 Å². The number of hydrogen-bond donors (Lipinski definition) is 0. The molecule has 1 aliphatic heterocycles. The van der Waals surface area contributed by atoms with Gasteiger partial charge in [-0.25, -0.2) is 4.98 Å². The van der Waals surface area contributed by atoms with E-state index >= 15 is 0 Å². The predicted molar refractivity (Wildman–Crippen MR) is 68.0 cm³/mol. The highest BCUT2D eigenvalue weighted by atomic mass is 35.5. The van der Waals surface area contributed by atoms with Crippen LogP contribution in [-0.2, 0) is 0 Å². The summed E-state index contributed by atoms with van der Waals surface area (Å²) in [5.74, 6) is 1.84. The Hall–Kier alpha value is -2.47. The van der Waals surface area contributed by atoms with Crippen molar-refractivity contribution in [1.82, 2.24) is 4.98 Å². The van der Waals surface area contributed by atoms with E-state index in [1.807, 2.05) is 0 Å². The second kappa shape index (κ2) is 4.01. The van der Waals surface area contributed by atoms with Gasteiger partial charge in [-0.2, -0.15) is 0 Å². The molecule has 3 heterocycles. The van der Waals surface area contributed by atoms with Gasteiger partial charge in [0, 0.05) is 11.5 Å². The molecule has 0 bridgehead atoms. The normalized spacial score (nSPS) is 13.1. The lowest BCUT2D eigenvalue weighted by molar-refractivity contribution is 0.105. The van der Waals surface area contributed by atoms with Gasteiger partial charge < -0.3 is 18.3 Å². The molecule has 1 aromatic carbocycles. The van der Waals surface area contributed by atoms with Crippen LogP contribution in [0.15, 0.2) is 33.2 Å². The molecular formula is C13H6ClNO5. The van der Waals surface area contributed by atoms with Crippen LogP contribution in [-0.4, -0.2) is 17.0 Å². The topological polar surface area (TPSA) is 74.7 Å². The summed E-state index contributed by atoms with van der Waals surface area (Å²) in [6.07, 6.45) is 1.25. The molecule has 0 aliphatic carbocycles. The first-order chi connectivity index (χ1) is 9.70. The highest BCUT2D eigenvalue weighted by Gasteiger charge is 2.19. The Morgan fingerprint density at radius 2 is 1.95 bits per heavy atom. The fraction of sp³-hybridized carbons (Fsp3) is 0.0769. The molecule has 0 saturated carbocycles. The number of carbonyl (C=O) groups excluding carboxylic acids is 1. The van der Waals surface area contributed by atoms with Crippen molar-refractivity contribution in [3.63, 3.8) is 0 Å². The number of aromatic nitrogens is 1. The van der Waals surface area contributed by atoms with E-state index in [9.17, 15) is 4.79 Å². The molecule has 0 fully saturated rings. The number of benzene rings is 1. The van der Waals surface area contributed by atoms with Crippen LogP contribution < -0.4 is 9.47 Å². The van der Waals surface area contributed by atoms with Crippen molar-refractivity contribution >= 4 is 27.8 Å². The van der Waals surface area contributed by atoms with Gasteiger partial charge in [0.15, 0.2) is 17.3 Å². The fourth-order valence-electron chi connectivity index (χ4n) is 2.01. The van der Waals surface area contributed by atoms with Gasteiger partial charge >= 0.3 is 0 Å². The monoisotopic (exact) mass is 291 g/mol. The summed E-state index contributed by atoms with van der Waals surface area (Å²) in [5.41, 5.74) is 0.612. The SMILES string of the molecule is O=C(Cl)c1cnc(-c2cc3cc4c(cc3o2)OCO4)o1. The van der Waals surface area contributed by atoms with E-state index in [0.29, 0.717) is 22.8 Å². The highest BCUT2D eigenvalue weighted by molar-refractivity contribution is 6.67. The number of carbonyl (C=O) groups is 1. The molecule has 0 atom stereocenters. The van der Waals surface area contributed by atoms with Crippen molar-refractivity contribution < 1.29 is 23.1 Å². The number of hydrogen-bond acceptors (Lipinski definition) is 6. The van der Waals surface area contributed by atoms with Crippen molar-refractivity contribution in [3.8, 4) is 23.1 Å². The van der Waals surface area contributed by atoms with Gasteiger partial charge in [-0.05, 0) is 23.7 Å². The lowest BCUT2D eigenvalue weighted by Crippen LogP contribution is -1.92. The standard InChI is InChI=1S/C13H6ClNO5/c14-12(16)11-4-15-13(20-11)10-2-6-1-8-9(18-5-17-8)3-7(6)19-10/h1-4H,5H2. The predicted octanol–water partition coefficient (Wildman–Crippen LogP) is 3.20. The van der Waals surface area contributed by atoms with E-state index in [2.05, 4.69) is 4.98 Å². The van der Waals surface area contributed by atoms with E-state index in [1.54, 1.807) is 18.2 Å². The average molecular weight is 292 g/mol. The minimum atomic E-state index is -0.708. The number of rotatable bonds is 2. The molecule has 7 heteroatoms. The second-order valence-corrected chi connectivity index (χ2v) is 4.50. The lowest BCUT2D eigenvalue weighted by atomic mass is 10.2. The molecule has 6 nitrogen and oxygen atoms in total. The third-order valence-electron chi connectivity index (χ3n) is 2.92. The molecule has 0 radical (unpaired) electrons. The zero-order valence-electron chi connectivity index (χ0n) is 9.88. The third-order valence-corrected chi connectivity index (χ3v) is 3.11. The summed E-state index contributed by atoms with van der Waals surface area (Å²) in [6.45, 7) is 0.204. The molecule has 0 amide bonds. The first kappa shape index (κ1) is 11.4. The van der Waals surface area contributed by atoms with Crippen molar-refractivity contribution in [2.24, 2.45) is 0 Å². The Bertz CT molecular complexity index is 794. The highest BCUT2D eigenvalue weighted by Crippen LogP contribution is 2.38. The van der Waals surface area contributed by atoms with Crippen molar-refractivity contribution in [2.75, 3.05) is 6.79 Å². The molecule has 3 aromatic rings. The number of fused-ring (bicyclic) bond motifs is 2. The number of oxazole rings is 1. The van der Waals surface area contributed by atoms with Gasteiger partial charge in [0.25, 0.3) is 11.1 Å². The second-order valence-electron chi connectivity index (χ2n) is 4.16. The molecule has 0 spiro atoms. The Kier molecular flexibility index (Phi) is 2.28. The van der Waals surface area contributed by atoms with Gasteiger partial charge in [0.05, 0.1) is 6.20 Å². The van der Waals surface area contributed by atoms with Gasteiger partial charge in [-0.15, -0.1) is 0 Å². The minimum Gasteiger partial charge on any atom is -0.454 e. The Balaban J connectivity index is 1.82. The summed E-state index contributed by atoms with van der Waals surface area (Å²) in [6, 6.07) is 5.28. The van der Waals surface area contributed by atoms with E-state index < -0.39 is 5.24 Å². The van der Waals surface area contributed by atoms with Gasteiger partial charge in [-0.3, -0.25) is 4.79 Å². The molecule has 0 unspecified atom stereocenters. The first-order valence-electron chi connectivity index (χ1n) is 5.70. The number of halogens is 1. The lowest BCUT2D eigenvalue weighted by Gasteiger charge is -1.93. The smallest absolute Gasteiger partial charge is 0.289 e. The number of ether oxygens (including phenoxy) is 2. The van der Waals surface area contributed by atoms with Crippen LogP contribution >= 0.6 is 11.6 Å². The molecule has 20 heavy (non-hydrogen) atoms. The summed E-state index contributed by atoms with van der Waals surface area (Å²) < 4.78 is 21.4. The van der Waals surface area contributed by atoms with Crippen molar-refractivity contribution in [2.45, 2.75) is 0 Å². The molecule has 1 aliphatic rings. The third kappa shape index (κ3) is 1.65. The van der Waals surface area contributed by atoms with E-state index in [1.165, 1.54) is 6.20 Å². The molecular weight excluding hydrogens is 286 g/mol. The van der Waals surface area contributed by atoms with Gasteiger partial charge in [-0.1, -0.05) is 0 Å². The first-order valence-corrected chi connectivity index (χ1v) is 6.08. The van der Waals surface area contributed by atoms with Crippen LogP contribution in [0.2, 0.25) is 0 Å². The summed E-state index contributed by atoms with van der Waals surface area (Å²) >= 11 is 5.31. The van der Waals surface area contributed by atoms with Crippen LogP contribution in [0.4, 0.5) is 0 Å². The van der Waals surface area contributed by atoms with Crippen LogP contribution in [0.25, 0.3) is 22.6 Å². The van der Waals surface area contributed by atoms with Crippen molar-refractivity contribution in [1.29, 1.82) is 0 Å². The number of nitrogens with zero attached hydrogens (tertiary/aromatic N) is 1. The summed E-state index contributed by atoms with van der Waals surface area (Å²) in [4.78, 5) is 14.9. The largest absolute Gasteiger partial charge is 0.454 e. The molecule has 100 valence electrons. The molecule has 2 aromatic heterocycles. The van der Waals surface area contributed by atoms with Crippen molar-refractivity contribution in [3.05, 3.63) is 30.2 Å². The number of furan rings is 1. The molecule has 0 N–H and O–H groups in total. The minimum absolute atomic E-state index is 0.0312. The summed E-state index contributed by atoms with van der Waals surface area (Å²) in [5, 5.41) is 0.113. The zero-order chi connectivity index (χ0) is 13.7. The van der Waals surface area contributed by atoms with Gasteiger partial charge in [0.1, 0.15) is 5.58 Å². The average Bonchev–Trinajstić information content (AvgIpc) is 3.13. The Labute approximate surface area is 116 Å². The maximum Gasteiger partial charge on any atom is 0.289 e. The van der Waals surface area contributed by atoms with Crippen LogP contribution in [0, 0.1) is 0 Å². The quantitative estimate of drug-likeness (QED) is 0.675. The molecule has 4 rings (SSSR count). The van der Waals surface area contributed by atoms with Crippen LogP contribution in [0.1, 0.15) is 10.6 Å². The maximum absolute atomic E-state index is 11.0. The zero-order valence-corrected chi connectivity index (χ0v) is 10.6. The van der Waals surface area contributed by atoms with E-state index in [0.717, 1.165) is 5.39 Å². The Morgan fingerprint density at radius 3 is 2.70 bits per heavy atom. The molecule has 0 saturated heterocycles. The van der Waals surface area contributed by atoms with Gasteiger partial charge in [0.2, 0.25) is 12.6 Å². The fourth-order valence-corrected chi connectivity index (χ4v) is 2.10. The maximum atomic E-state index is 11.0. The Morgan fingerprint density at radius 1 is 1.15 bits per heavy atom. The van der Waals surface area contributed by atoms with E-state index in [-0.39, 0.29) is 18.4 Å². The van der Waals surface area contributed by atoms with E-state index in [4.69, 9.17) is 29.9 Å².